The summed E-state index contributed by atoms with van der Waals surface area (Å²) in [4.78, 5) is 29.6. The molecule has 2 aromatic heterocycles. The molecular formula is C22H20N4O3S. The molecule has 0 aliphatic rings. The van der Waals surface area contributed by atoms with Gasteiger partial charge < -0.3 is 4.74 Å². The molecule has 0 saturated carbocycles. The number of nitrogens with zero attached hydrogens (tertiary/aromatic N) is 3. The number of ketones is 1. The Morgan fingerprint density at radius 1 is 1.07 bits per heavy atom. The lowest BCUT2D eigenvalue weighted by atomic mass is 10.1. The maximum atomic E-state index is 12.3. The van der Waals surface area contributed by atoms with E-state index in [1.54, 1.807) is 35.9 Å². The van der Waals surface area contributed by atoms with Crippen molar-refractivity contribution in [3.63, 3.8) is 0 Å². The monoisotopic (exact) mass is 420 g/mol. The molecule has 0 saturated heterocycles. The zero-order valence-electron chi connectivity index (χ0n) is 16.6. The SMILES string of the molecule is COc1ccc(C(=O)CCC(=O)Nc2nc3scc(-c4ccc(C)cc4)n3n2)cc1. The number of hydrogen-bond acceptors (Lipinski definition) is 6. The lowest BCUT2D eigenvalue weighted by Gasteiger charge is -2.03. The van der Waals surface area contributed by atoms with Crippen LogP contribution in [0.1, 0.15) is 28.8 Å². The standard InChI is InChI=1S/C22H20N4O3S/c1-14-3-5-15(6-4-14)18-13-30-22-24-21(25-26(18)22)23-20(28)12-11-19(27)16-7-9-17(29-2)10-8-16/h3-10,13H,11-12H2,1-2H3,(H,23,25,28). The van der Waals surface area contributed by atoms with Gasteiger partial charge in [-0.15, -0.1) is 16.4 Å². The number of rotatable bonds is 7. The molecule has 0 spiro atoms. The van der Waals surface area contributed by atoms with Crippen LogP contribution in [0, 0.1) is 6.92 Å². The predicted octanol–water partition coefficient (Wildman–Crippen LogP) is 4.38. The molecule has 0 radical (unpaired) electrons. The lowest BCUT2D eigenvalue weighted by molar-refractivity contribution is -0.116. The second-order valence-electron chi connectivity index (χ2n) is 6.82. The number of thiazole rings is 1. The van der Waals surface area contributed by atoms with Crippen molar-refractivity contribution in [1.29, 1.82) is 0 Å². The smallest absolute Gasteiger partial charge is 0.250 e. The van der Waals surface area contributed by atoms with E-state index < -0.39 is 0 Å². The van der Waals surface area contributed by atoms with Crippen LogP contribution < -0.4 is 10.1 Å². The van der Waals surface area contributed by atoms with Crippen LogP contribution in [0.3, 0.4) is 0 Å². The number of methoxy groups -OCH3 is 1. The third kappa shape index (κ3) is 4.23. The van der Waals surface area contributed by atoms with Crippen molar-refractivity contribution in [3.05, 3.63) is 65.0 Å². The molecule has 152 valence electrons. The topological polar surface area (TPSA) is 85.6 Å². The van der Waals surface area contributed by atoms with Crippen LogP contribution >= 0.6 is 11.3 Å². The van der Waals surface area contributed by atoms with Gasteiger partial charge in [0.1, 0.15) is 5.75 Å². The minimum absolute atomic E-state index is 0.0581. The van der Waals surface area contributed by atoms with Gasteiger partial charge in [0.25, 0.3) is 0 Å². The number of fused-ring (bicyclic) bond motifs is 1. The van der Waals surface area contributed by atoms with Gasteiger partial charge in [0.05, 0.1) is 12.8 Å². The van der Waals surface area contributed by atoms with Crippen molar-refractivity contribution in [2.75, 3.05) is 12.4 Å². The Hall–Kier alpha value is -3.52. The number of carbonyl (C=O) groups is 2. The fraction of sp³-hybridized carbons (Fsp3) is 0.182. The highest BCUT2D eigenvalue weighted by Crippen LogP contribution is 2.26. The van der Waals surface area contributed by atoms with Crippen LogP contribution in [-0.2, 0) is 4.79 Å². The molecule has 0 bridgehead atoms. The zero-order chi connectivity index (χ0) is 21.1. The van der Waals surface area contributed by atoms with Gasteiger partial charge in [-0.25, -0.2) is 4.52 Å². The fourth-order valence-corrected chi connectivity index (χ4v) is 3.82. The molecule has 0 aliphatic carbocycles. The first-order chi connectivity index (χ1) is 14.5. The van der Waals surface area contributed by atoms with Gasteiger partial charge in [0, 0.05) is 29.3 Å². The van der Waals surface area contributed by atoms with Gasteiger partial charge >= 0.3 is 0 Å². The molecule has 2 heterocycles. The van der Waals surface area contributed by atoms with Crippen molar-refractivity contribution in [1.82, 2.24) is 14.6 Å². The van der Waals surface area contributed by atoms with E-state index >= 15 is 0 Å². The zero-order valence-corrected chi connectivity index (χ0v) is 17.4. The number of ether oxygens (including phenoxy) is 1. The van der Waals surface area contributed by atoms with Gasteiger partial charge in [-0.2, -0.15) is 4.98 Å². The van der Waals surface area contributed by atoms with Crippen molar-refractivity contribution < 1.29 is 14.3 Å². The van der Waals surface area contributed by atoms with Crippen molar-refractivity contribution >= 4 is 33.9 Å². The quantitative estimate of drug-likeness (QED) is 0.449. The summed E-state index contributed by atoms with van der Waals surface area (Å²) in [5.74, 6) is 0.512. The molecule has 7 nitrogen and oxygen atoms in total. The minimum Gasteiger partial charge on any atom is -0.497 e. The lowest BCUT2D eigenvalue weighted by Crippen LogP contribution is -2.14. The molecule has 4 aromatic rings. The Balaban J connectivity index is 1.39. The summed E-state index contributed by atoms with van der Waals surface area (Å²) in [5.41, 5.74) is 3.67. The molecule has 0 fully saturated rings. The minimum atomic E-state index is -0.299. The van der Waals surface area contributed by atoms with Crippen LogP contribution in [0.4, 0.5) is 5.95 Å². The molecule has 2 aromatic carbocycles. The van der Waals surface area contributed by atoms with Gasteiger partial charge in [0.15, 0.2) is 5.78 Å². The summed E-state index contributed by atoms with van der Waals surface area (Å²) >= 11 is 1.45. The third-order valence-electron chi connectivity index (χ3n) is 4.67. The summed E-state index contributed by atoms with van der Waals surface area (Å²) in [6, 6.07) is 15.0. The second kappa shape index (κ2) is 8.46. The van der Waals surface area contributed by atoms with Crippen molar-refractivity contribution in [2.24, 2.45) is 0 Å². The van der Waals surface area contributed by atoms with Crippen LogP contribution in [-0.4, -0.2) is 33.4 Å². The summed E-state index contributed by atoms with van der Waals surface area (Å²) < 4.78 is 6.80. The van der Waals surface area contributed by atoms with E-state index in [2.05, 4.69) is 15.4 Å². The number of benzene rings is 2. The fourth-order valence-electron chi connectivity index (χ4n) is 2.99. The van der Waals surface area contributed by atoms with Crippen LogP contribution in [0.2, 0.25) is 0 Å². The molecule has 30 heavy (non-hydrogen) atoms. The van der Waals surface area contributed by atoms with Crippen molar-refractivity contribution in [3.8, 4) is 17.0 Å². The first kappa shape index (κ1) is 19.8. The number of aromatic nitrogens is 3. The number of carbonyl (C=O) groups excluding carboxylic acids is 2. The average molecular weight is 420 g/mol. The number of amides is 1. The summed E-state index contributed by atoms with van der Waals surface area (Å²) in [6.45, 7) is 2.04. The molecule has 1 N–H and O–H groups in total. The number of hydrogen-bond donors (Lipinski definition) is 1. The summed E-state index contributed by atoms with van der Waals surface area (Å²) in [6.07, 6.45) is 0.164. The first-order valence-electron chi connectivity index (χ1n) is 9.42. The van der Waals surface area contributed by atoms with Gasteiger partial charge in [-0.3, -0.25) is 14.9 Å². The Morgan fingerprint density at radius 3 is 2.50 bits per heavy atom. The van der Waals surface area contributed by atoms with E-state index in [4.69, 9.17) is 4.74 Å². The summed E-state index contributed by atoms with van der Waals surface area (Å²) in [7, 11) is 1.57. The van der Waals surface area contributed by atoms with E-state index in [-0.39, 0.29) is 30.5 Å². The maximum absolute atomic E-state index is 12.3. The first-order valence-corrected chi connectivity index (χ1v) is 10.3. The van der Waals surface area contributed by atoms with E-state index in [0.29, 0.717) is 16.3 Å². The largest absolute Gasteiger partial charge is 0.497 e. The Morgan fingerprint density at radius 2 is 1.80 bits per heavy atom. The van der Waals surface area contributed by atoms with Gasteiger partial charge in [-0.1, -0.05) is 29.8 Å². The highest BCUT2D eigenvalue weighted by Gasteiger charge is 2.15. The van der Waals surface area contributed by atoms with Crippen LogP contribution in [0.15, 0.2) is 53.9 Å². The van der Waals surface area contributed by atoms with Gasteiger partial charge in [0.2, 0.25) is 16.8 Å². The number of anilines is 1. The predicted molar refractivity (Wildman–Crippen MR) is 116 cm³/mol. The number of Topliss-reactive ketones (excluding diaryl/α,β-unsaturated/α-hetero) is 1. The second-order valence-corrected chi connectivity index (χ2v) is 7.65. The Kier molecular flexibility index (Phi) is 5.58. The molecule has 0 atom stereocenters. The van der Waals surface area contributed by atoms with E-state index in [0.717, 1.165) is 11.3 Å². The highest BCUT2D eigenvalue weighted by molar-refractivity contribution is 7.15. The van der Waals surface area contributed by atoms with Gasteiger partial charge in [-0.05, 0) is 31.2 Å². The molecule has 0 aliphatic heterocycles. The molecule has 8 heteroatoms. The third-order valence-corrected chi connectivity index (χ3v) is 5.49. The van der Waals surface area contributed by atoms with E-state index in [9.17, 15) is 9.59 Å². The summed E-state index contributed by atoms with van der Waals surface area (Å²) in [5, 5.41) is 9.07. The number of aryl methyl sites for hydroxylation is 1. The van der Waals surface area contributed by atoms with Crippen molar-refractivity contribution in [2.45, 2.75) is 19.8 Å². The highest BCUT2D eigenvalue weighted by atomic mass is 32.1. The molecule has 1 amide bonds. The average Bonchev–Trinajstić information content (AvgIpc) is 3.33. The molecular weight excluding hydrogens is 400 g/mol. The number of nitrogens with one attached hydrogen (secondary N) is 1. The Bertz CT molecular complexity index is 1190. The molecule has 4 rings (SSSR count). The normalized spacial score (nSPS) is 10.9. The van der Waals surface area contributed by atoms with Crippen LogP contribution in [0.5, 0.6) is 5.75 Å². The Labute approximate surface area is 177 Å². The van der Waals surface area contributed by atoms with E-state index in [1.165, 1.54) is 16.9 Å². The van der Waals surface area contributed by atoms with E-state index in [1.807, 2.05) is 36.6 Å². The molecule has 0 unspecified atom stereocenters. The maximum Gasteiger partial charge on any atom is 0.250 e. The van der Waals surface area contributed by atoms with Crippen LogP contribution in [0.25, 0.3) is 16.2 Å².